The minimum absolute atomic E-state index is 0.261. The van der Waals surface area contributed by atoms with Crippen molar-refractivity contribution in [3.63, 3.8) is 0 Å². The van der Waals surface area contributed by atoms with E-state index in [0.717, 1.165) is 19.7 Å². The highest BCUT2D eigenvalue weighted by Gasteiger charge is 2.37. The van der Waals surface area contributed by atoms with Crippen LogP contribution in [0.15, 0.2) is 30.3 Å². The molecular weight excluding hydrogens is 212 g/mol. The van der Waals surface area contributed by atoms with E-state index < -0.39 is 0 Å². The van der Waals surface area contributed by atoms with Crippen LogP contribution < -0.4 is 5.32 Å². The summed E-state index contributed by atoms with van der Waals surface area (Å²) in [5.74, 6) is 0. The normalized spacial score (nSPS) is 30.4. The highest BCUT2D eigenvalue weighted by atomic mass is 16.5. The summed E-state index contributed by atoms with van der Waals surface area (Å²) in [4.78, 5) is 2.33. The lowest BCUT2D eigenvalue weighted by Gasteiger charge is -2.45. The van der Waals surface area contributed by atoms with E-state index in [-0.39, 0.29) is 5.72 Å². The van der Waals surface area contributed by atoms with E-state index in [2.05, 4.69) is 55.4 Å². The molecule has 17 heavy (non-hydrogen) atoms. The quantitative estimate of drug-likeness (QED) is 0.863. The molecule has 0 aliphatic carbocycles. The summed E-state index contributed by atoms with van der Waals surface area (Å²) in [5, 5.41) is 3.53. The van der Waals surface area contributed by atoms with Crippen LogP contribution in [0, 0.1) is 0 Å². The minimum Gasteiger partial charge on any atom is -0.358 e. The first-order valence-electron chi connectivity index (χ1n) is 6.25. The van der Waals surface area contributed by atoms with Crippen LogP contribution in [-0.2, 0) is 11.3 Å². The van der Waals surface area contributed by atoms with Gasteiger partial charge in [0.05, 0.1) is 6.61 Å². The lowest BCUT2D eigenvalue weighted by molar-refractivity contribution is -0.145. The Morgan fingerprint density at radius 2 is 2.12 bits per heavy atom. The number of benzene rings is 1. The number of ether oxygens (including phenoxy) is 1. The molecule has 2 rings (SSSR count). The summed E-state index contributed by atoms with van der Waals surface area (Å²) < 4.78 is 5.92. The number of hydrogen-bond acceptors (Lipinski definition) is 3. The van der Waals surface area contributed by atoms with Crippen molar-refractivity contribution in [1.29, 1.82) is 0 Å². The largest absolute Gasteiger partial charge is 0.358 e. The Bertz CT molecular complexity index is 354. The number of likely N-dealkylation sites (N-methyl/N-ethyl adjacent to an activating group) is 1. The summed E-state index contributed by atoms with van der Waals surface area (Å²) in [5.41, 5.74) is 1.03. The number of nitrogens with one attached hydrogen (secondary N) is 1. The standard InChI is InChI=1S/C14H22N2O/c1-12-14(2,17-10-9-16(12)3)15-11-13-7-5-4-6-8-13/h4-8,12,15H,9-11H2,1-3H3. The molecule has 0 radical (unpaired) electrons. The van der Waals surface area contributed by atoms with E-state index in [9.17, 15) is 0 Å². The molecule has 1 aliphatic heterocycles. The second-order valence-electron chi connectivity index (χ2n) is 4.95. The number of morpholine rings is 1. The fraction of sp³-hybridized carbons (Fsp3) is 0.571. The van der Waals surface area contributed by atoms with E-state index in [1.54, 1.807) is 0 Å². The molecule has 2 atom stereocenters. The Kier molecular flexibility index (Phi) is 3.82. The molecule has 1 aromatic rings. The third-order valence-electron chi connectivity index (χ3n) is 3.79. The maximum Gasteiger partial charge on any atom is 0.132 e. The van der Waals surface area contributed by atoms with Crippen LogP contribution in [0.1, 0.15) is 19.4 Å². The van der Waals surface area contributed by atoms with E-state index in [4.69, 9.17) is 4.74 Å². The average Bonchev–Trinajstić information content (AvgIpc) is 2.35. The van der Waals surface area contributed by atoms with Gasteiger partial charge in [0.2, 0.25) is 0 Å². The van der Waals surface area contributed by atoms with E-state index in [1.165, 1.54) is 5.56 Å². The van der Waals surface area contributed by atoms with Crippen molar-refractivity contribution in [3.05, 3.63) is 35.9 Å². The van der Waals surface area contributed by atoms with Gasteiger partial charge in [-0.2, -0.15) is 0 Å². The summed E-state index contributed by atoms with van der Waals surface area (Å²) in [7, 11) is 2.15. The van der Waals surface area contributed by atoms with Gasteiger partial charge in [0.1, 0.15) is 5.72 Å². The van der Waals surface area contributed by atoms with Gasteiger partial charge in [0.15, 0.2) is 0 Å². The zero-order valence-electron chi connectivity index (χ0n) is 10.9. The van der Waals surface area contributed by atoms with Crippen LogP contribution in [0.3, 0.4) is 0 Å². The molecule has 1 fully saturated rings. The van der Waals surface area contributed by atoms with Crippen LogP contribution in [0.2, 0.25) is 0 Å². The summed E-state index contributed by atoms with van der Waals surface area (Å²) in [6.07, 6.45) is 0. The van der Waals surface area contributed by atoms with Gasteiger partial charge in [-0.1, -0.05) is 30.3 Å². The van der Waals surface area contributed by atoms with Crippen LogP contribution in [0.5, 0.6) is 0 Å². The fourth-order valence-electron chi connectivity index (χ4n) is 2.21. The highest BCUT2D eigenvalue weighted by molar-refractivity contribution is 5.14. The van der Waals surface area contributed by atoms with Gasteiger partial charge in [-0.15, -0.1) is 0 Å². The second-order valence-corrected chi connectivity index (χ2v) is 4.95. The van der Waals surface area contributed by atoms with Crippen molar-refractivity contribution in [3.8, 4) is 0 Å². The monoisotopic (exact) mass is 234 g/mol. The van der Waals surface area contributed by atoms with Crippen molar-refractivity contribution < 1.29 is 4.74 Å². The Hall–Kier alpha value is -0.900. The number of nitrogens with zero attached hydrogens (tertiary/aromatic N) is 1. The molecule has 1 saturated heterocycles. The zero-order valence-corrected chi connectivity index (χ0v) is 10.9. The number of rotatable bonds is 3. The Balaban J connectivity index is 1.97. The predicted octanol–water partition coefficient (Wildman–Crippen LogP) is 1.84. The van der Waals surface area contributed by atoms with Crippen molar-refractivity contribution in [2.75, 3.05) is 20.2 Å². The zero-order chi connectivity index (χ0) is 12.3. The third-order valence-corrected chi connectivity index (χ3v) is 3.79. The second kappa shape index (κ2) is 5.17. The van der Waals surface area contributed by atoms with Gasteiger partial charge in [0.25, 0.3) is 0 Å². The van der Waals surface area contributed by atoms with Crippen molar-refractivity contribution in [2.24, 2.45) is 0 Å². The summed E-state index contributed by atoms with van der Waals surface area (Å²) >= 11 is 0. The Morgan fingerprint density at radius 1 is 1.41 bits per heavy atom. The van der Waals surface area contributed by atoms with Crippen molar-refractivity contribution in [2.45, 2.75) is 32.2 Å². The number of hydrogen-bond donors (Lipinski definition) is 1. The molecule has 0 amide bonds. The lowest BCUT2D eigenvalue weighted by atomic mass is 10.0. The molecule has 3 heteroatoms. The smallest absolute Gasteiger partial charge is 0.132 e. The van der Waals surface area contributed by atoms with Crippen LogP contribution in [0.25, 0.3) is 0 Å². The van der Waals surface area contributed by atoms with E-state index >= 15 is 0 Å². The predicted molar refractivity (Wildman–Crippen MR) is 69.7 cm³/mol. The van der Waals surface area contributed by atoms with Gasteiger partial charge in [0, 0.05) is 19.1 Å². The van der Waals surface area contributed by atoms with Gasteiger partial charge in [-0.3, -0.25) is 10.2 Å². The van der Waals surface area contributed by atoms with E-state index in [0.29, 0.717) is 6.04 Å². The highest BCUT2D eigenvalue weighted by Crippen LogP contribution is 2.21. The topological polar surface area (TPSA) is 24.5 Å². The third kappa shape index (κ3) is 2.86. The molecule has 94 valence electrons. The SMILES string of the molecule is CC1N(C)CCOC1(C)NCc1ccccc1. The van der Waals surface area contributed by atoms with Crippen molar-refractivity contribution >= 4 is 0 Å². The maximum atomic E-state index is 5.92. The first kappa shape index (κ1) is 12.6. The maximum absolute atomic E-state index is 5.92. The van der Waals surface area contributed by atoms with Gasteiger partial charge >= 0.3 is 0 Å². The molecule has 1 aliphatic rings. The van der Waals surface area contributed by atoms with Gasteiger partial charge < -0.3 is 4.74 Å². The van der Waals surface area contributed by atoms with Crippen LogP contribution in [0.4, 0.5) is 0 Å². The molecule has 2 unspecified atom stereocenters. The molecule has 3 nitrogen and oxygen atoms in total. The van der Waals surface area contributed by atoms with E-state index in [1.807, 2.05) is 6.07 Å². The molecule has 1 aromatic carbocycles. The average molecular weight is 234 g/mol. The Labute approximate surface area is 104 Å². The Morgan fingerprint density at radius 3 is 2.82 bits per heavy atom. The first-order valence-corrected chi connectivity index (χ1v) is 6.25. The lowest BCUT2D eigenvalue weighted by Crippen LogP contribution is -2.62. The minimum atomic E-state index is -0.261. The molecule has 0 saturated carbocycles. The van der Waals surface area contributed by atoms with Gasteiger partial charge in [-0.05, 0) is 26.5 Å². The van der Waals surface area contributed by atoms with Gasteiger partial charge in [-0.25, -0.2) is 0 Å². The molecule has 0 aromatic heterocycles. The molecular formula is C14H22N2O. The van der Waals surface area contributed by atoms with Crippen molar-refractivity contribution in [1.82, 2.24) is 10.2 Å². The molecule has 1 heterocycles. The fourth-order valence-corrected chi connectivity index (χ4v) is 2.21. The van der Waals surface area contributed by atoms with Crippen LogP contribution in [-0.4, -0.2) is 36.9 Å². The molecule has 0 spiro atoms. The molecule has 1 N–H and O–H groups in total. The molecule has 0 bridgehead atoms. The summed E-state index contributed by atoms with van der Waals surface area (Å²) in [6, 6.07) is 10.8. The van der Waals surface area contributed by atoms with Crippen LogP contribution >= 0.6 is 0 Å². The summed E-state index contributed by atoms with van der Waals surface area (Å²) in [6.45, 7) is 6.98. The first-order chi connectivity index (χ1) is 8.12.